The number of hydrogen-bond acceptors (Lipinski definition) is 8. The number of aliphatic hydroxyl groups excluding tert-OH is 1. The predicted molar refractivity (Wildman–Crippen MR) is 131 cm³/mol. The second kappa shape index (κ2) is 12.9. The average Bonchev–Trinajstić information content (AvgIpc) is 3.20. The lowest BCUT2D eigenvalue weighted by atomic mass is 10.1. The molecule has 1 saturated heterocycles. The van der Waals surface area contributed by atoms with Crippen molar-refractivity contribution in [2.75, 3.05) is 51.6 Å². The Morgan fingerprint density at radius 3 is 2.50 bits per heavy atom. The van der Waals surface area contributed by atoms with Crippen molar-refractivity contribution in [3.05, 3.63) is 40.5 Å². The number of carboxylic acid groups (broad SMARTS) is 1. The summed E-state index contributed by atoms with van der Waals surface area (Å²) in [5, 5.41) is 24.6. The molecule has 3 rings (SSSR count). The number of nitrogens with one attached hydrogen (secondary N) is 2. The molecule has 2 heterocycles. The largest absolute Gasteiger partial charge is 0.477 e. The van der Waals surface area contributed by atoms with Gasteiger partial charge in [-0.2, -0.15) is 4.37 Å². The standard InChI is InChI=1S/C23H31F2N5O5S/c1-14-11-17(24)16(18(25)12-14)13-35-20-19(22(32)33)21(36-28-20)27-23(34)26-5-3-15(31)4-6-30-9-7-29(2)8-10-30/h11-12,15,31H,3-10,13H2,1-2H3,(H,32,33)(H2,26,27,34). The third kappa shape index (κ3) is 7.82. The van der Waals surface area contributed by atoms with Crippen molar-refractivity contribution in [2.24, 2.45) is 0 Å². The van der Waals surface area contributed by atoms with E-state index in [1.165, 1.54) is 6.92 Å². The highest BCUT2D eigenvalue weighted by molar-refractivity contribution is 7.11. The molecule has 0 bridgehead atoms. The minimum absolute atomic E-state index is 0.0875. The summed E-state index contributed by atoms with van der Waals surface area (Å²) in [7, 11) is 2.08. The molecule has 0 spiro atoms. The molecule has 1 aromatic heterocycles. The summed E-state index contributed by atoms with van der Waals surface area (Å²) in [6, 6.07) is 1.61. The van der Waals surface area contributed by atoms with E-state index in [0.29, 0.717) is 29.9 Å². The Kier molecular flexibility index (Phi) is 9.93. The Morgan fingerprint density at radius 2 is 1.86 bits per heavy atom. The van der Waals surface area contributed by atoms with E-state index in [1.807, 2.05) is 0 Å². The number of urea groups is 1. The number of halogens is 2. The van der Waals surface area contributed by atoms with Crippen molar-refractivity contribution in [1.82, 2.24) is 19.5 Å². The summed E-state index contributed by atoms with van der Waals surface area (Å²) in [6.45, 7) is 5.87. The molecule has 1 aliphatic rings. The zero-order valence-corrected chi connectivity index (χ0v) is 21.0. The maximum Gasteiger partial charge on any atom is 0.344 e. The number of carboxylic acids is 1. The van der Waals surface area contributed by atoms with Crippen LogP contribution in [0.4, 0.5) is 18.6 Å². The van der Waals surface area contributed by atoms with E-state index in [9.17, 15) is 28.6 Å². The van der Waals surface area contributed by atoms with E-state index in [1.54, 1.807) is 0 Å². The van der Waals surface area contributed by atoms with Crippen LogP contribution >= 0.6 is 11.5 Å². The van der Waals surface area contributed by atoms with Crippen LogP contribution in [-0.4, -0.2) is 88.8 Å². The first-order chi connectivity index (χ1) is 17.1. The van der Waals surface area contributed by atoms with Crippen molar-refractivity contribution in [2.45, 2.75) is 32.5 Å². The SMILES string of the molecule is Cc1cc(F)c(COc2nsc(NC(=O)NCCC(O)CCN3CCN(C)CC3)c2C(=O)O)c(F)c1. The van der Waals surface area contributed by atoms with Crippen LogP contribution in [0.2, 0.25) is 0 Å². The Morgan fingerprint density at radius 1 is 1.19 bits per heavy atom. The maximum atomic E-state index is 14.0. The molecule has 36 heavy (non-hydrogen) atoms. The average molecular weight is 528 g/mol. The molecule has 198 valence electrons. The summed E-state index contributed by atoms with van der Waals surface area (Å²) >= 11 is 0.669. The highest BCUT2D eigenvalue weighted by Crippen LogP contribution is 2.31. The van der Waals surface area contributed by atoms with Crippen molar-refractivity contribution in [3.8, 4) is 5.88 Å². The molecule has 1 atom stereocenters. The predicted octanol–water partition coefficient (Wildman–Crippen LogP) is 2.52. The summed E-state index contributed by atoms with van der Waals surface area (Å²) in [5.41, 5.74) is -0.382. The van der Waals surface area contributed by atoms with Crippen LogP contribution in [0.3, 0.4) is 0 Å². The fraction of sp³-hybridized carbons (Fsp3) is 0.522. The first-order valence-electron chi connectivity index (χ1n) is 11.6. The van der Waals surface area contributed by atoms with Crippen molar-refractivity contribution in [3.63, 3.8) is 0 Å². The number of anilines is 1. The number of amides is 2. The molecule has 0 aliphatic carbocycles. The lowest BCUT2D eigenvalue weighted by Gasteiger charge is -2.32. The molecule has 4 N–H and O–H groups in total. The molecule has 13 heteroatoms. The third-order valence-electron chi connectivity index (χ3n) is 5.88. The van der Waals surface area contributed by atoms with Crippen LogP contribution in [0.15, 0.2) is 12.1 Å². The fourth-order valence-electron chi connectivity index (χ4n) is 3.70. The number of rotatable bonds is 11. The Bertz CT molecular complexity index is 1040. The van der Waals surface area contributed by atoms with Gasteiger partial charge in [0.25, 0.3) is 0 Å². The number of aliphatic hydroxyl groups is 1. The van der Waals surface area contributed by atoms with Gasteiger partial charge >= 0.3 is 12.0 Å². The fourth-order valence-corrected chi connectivity index (χ4v) is 4.43. The van der Waals surface area contributed by atoms with E-state index in [-0.39, 0.29) is 23.0 Å². The topological polar surface area (TPSA) is 127 Å². The van der Waals surface area contributed by atoms with Gasteiger partial charge in [0.2, 0.25) is 5.88 Å². The lowest BCUT2D eigenvalue weighted by Crippen LogP contribution is -2.45. The van der Waals surface area contributed by atoms with Crippen molar-refractivity contribution in [1.29, 1.82) is 0 Å². The van der Waals surface area contributed by atoms with E-state index in [4.69, 9.17) is 4.74 Å². The van der Waals surface area contributed by atoms with Crippen LogP contribution < -0.4 is 15.4 Å². The molecule has 0 radical (unpaired) electrons. The van der Waals surface area contributed by atoms with E-state index in [2.05, 4.69) is 31.9 Å². The third-order valence-corrected chi connectivity index (χ3v) is 6.62. The highest BCUT2D eigenvalue weighted by atomic mass is 32.1. The Hall–Kier alpha value is -2.87. The highest BCUT2D eigenvalue weighted by Gasteiger charge is 2.24. The molecule has 0 saturated carbocycles. The Balaban J connectivity index is 1.47. The number of likely N-dealkylation sites (N-methyl/N-ethyl adjacent to an activating group) is 1. The van der Waals surface area contributed by atoms with Crippen molar-refractivity contribution >= 4 is 28.5 Å². The zero-order valence-electron chi connectivity index (χ0n) is 20.2. The number of ether oxygens (including phenoxy) is 1. The van der Waals surface area contributed by atoms with Gasteiger partial charge in [0.15, 0.2) is 5.56 Å². The number of piperazine rings is 1. The normalized spacial score (nSPS) is 15.5. The van der Waals surface area contributed by atoms with Crippen molar-refractivity contribution < 1.29 is 33.3 Å². The summed E-state index contributed by atoms with van der Waals surface area (Å²) in [5.74, 6) is -3.41. The van der Waals surface area contributed by atoms with Crippen LogP contribution in [0.25, 0.3) is 0 Å². The first kappa shape index (κ1) is 27.7. The summed E-state index contributed by atoms with van der Waals surface area (Å²) in [6.07, 6.45) is 0.358. The van der Waals surface area contributed by atoms with Crippen LogP contribution in [0, 0.1) is 18.6 Å². The van der Waals surface area contributed by atoms with Gasteiger partial charge in [-0.25, -0.2) is 18.4 Å². The van der Waals surface area contributed by atoms with Gasteiger partial charge in [0.1, 0.15) is 23.2 Å². The van der Waals surface area contributed by atoms with Gasteiger partial charge in [-0.1, -0.05) is 0 Å². The van der Waals surface area contributed by atoms with Gasteiger partial charge in [-0.15, -0.1) is 0 Å². The van der Waals surface area contributed by atoms with E-state index in [0.717, 1.165) is 44.9 Å². The van der Waals surface area contributed by atoms with Gasteiger partial charge in [-0.05, 0) is 56.0 Å². The number of nitrogens with zero attached hydrogens (tertiary/aromatic N) is 3. The number of aromatic nitrogens is 1. The molecule has 1 unspecified atom stereocenters. The molecule has 1 fully saturated rings. The number of carbonyl (C=O) groups is 2. The number of benzene rings is 1. The van der Waals surface area contributed by atoms with Gasteiger partial charge in [0, 0.05) is 39.3 Å². The van der Waals surface area contributed by atoms with Crippen LogP contribution in [0.1, 0.15) is 34.3 Å². The molecular formula is C23H31F2N5O5S. The monoisotopic (exact) mass is 527 g/mol. The number of carbonyl (C=O) groups excluding carboxylic acids is 1. The Labute approximate surface area is 212 Å². The quantitative estimate of drug-likeness (QED) is 0.351. The number of hydrogen-bond donors (Lipinski definition) is 4. The maximum absolute atomic E-state index is 14.0. The minimum Gasteiger partial charge on any atom is -0.477 e. The first-order valence-corrected chi connectivity index (χ1v) is 12.4. The molecular weight excluding hydrogens is 496 g/mol. The van der Waals surface area contributed by atoms with E-state index >= 15 is 0 Å². The zero-order chi connectivity index (χ0) is 26.2. The summed E-state index contributed by atoms with van der Waals surface area (Å²) < 4.78 is 37.2. The molecule has 2 amide bonds. The number of aromatic carboxylic acids is 1. The number of aryl methyl sites for hydroxylation is 1. The van der Waals surface area contributed by atoms with Gasteiger partial charge in [0.05, 0.1) is 11.7 Å². The lowest BCUT2D eigenvalue weighted by molar-refractivity contribution is 0.0693. The van der Waals surface area contributed by atoms with E-state index < -0.39 is 41.9 Å². The molecule has 2 aromatic rings. The molecule has 1 aliphatic heterocycles. The smallest absolute Gasteiger partial charge is 0.344 e. The molecule has 1 aromatic carbocycles. The van der Waals surface area contributed by atoms with Crippen LogP contribution in [-0.2, 0) is 6.61 Å². The van der Waals surface area contributed by atoms with Gasteiger partial charge < -0.3 is 30.1 Å². The van der Waals surface area contributed by atoms with Crippen LogP contribution in [0.5, 0.6) is 5.88 Å². The second-order valence-corrected chi connectivity index (χ2v) is 9.52. The van der Waals surface area contributed by atoms with Gasteiger partial charge in [-0.3, -0.25) is 5.32 Å². The summed E-state index contributed by atoms with van der Waals surface area (Å²) in [4.78, 5) is 28.5. The molecule has 10 nitrogen and oxygen atoms in total. The second-order valence-electron chi connectivity index (χ2n) is 8.75. The minimum atomic E-state index is -1.42.